The van der Waals surface area contributed by atoms with Gasteiger partial charge in [0.05, 0.1) is 0 Å². The normalized spacial score (nSPS) is 20.9. The summed E-state index contributed by atoms with van der Waals surface area (Å²) in [5, 5.41) is 0.558. The van der Waals surface area contributed by atoms with Crippen LogP contribution in [0.15, 0.2) is 18.3 Å². The molecule has 1 amide bonds. The van der Waals surface area contributed by atoms with Crippen LogP contribution in [0.3, 0.4) is 0 Å². The molecule has 0 bridgehead atoms. The highest BCUT2D eigenvalue weighted by Crippen LogP contribution is 2.19. The molecule has 0 unspecified atom stereocenters. The lowest BCUT2D eigenvalue weighted by Gasteiger charge is -2.33. The molecule has 0 spiro atoms. The van der Waals surface area contributed by atoms with Crippen molar-refractivity contribution in [3.8, 4) is 0 Å². The SMILES string of the molecule is C[C@H]1CCCCN1C(=O)c1cc(Cl)ccn1. The van der Waals surface area contributed by atoms with Crippen molar-refractivity contribution >= 4 is 17.5 Å². The van der Waals surface area contributed by atoms with E-state index < -0.39 is 0 Å². The molecule has 2 heterocycles. The molecular formula is C12H15ClN2O. The van der Waals surface area contributed by atoms with Gasteiger partial charge in [-0.25, -0.2) is 0 Å². The maximum Gasteiger partial charge on any atom is 0.272 e. The number of nitrogens with zero attached hydrogens (tertiary/aromatic N) is 2. The Hall–Kier alpha value is -1.09. The van der Waals surface area contributed by atoms with Crippen molar-refractivity contribution in [1.29, 1.82) is 0 Å². The highest BCUT2D eigenvalue weighted by atomic mass is 35.5. The molecule has 16 heavy (non-hydrogen) atoms. The van der Waals surface area contributed by atoms with Crippen molar-refractivity contribution < 1.29 is 4.79 Å². The van der Waals surface area contributed by atoms with Gasteiger partial charge in [0, 0.05) is 23.8 Å². The van der Waals surface area contributed by atoms with E-state index in [0.29, 0.717) is 16.8 Å². The second-order valence-corrected chi connectivity index (χ2v) is 4.64. The van der Waals surface area contributed by atoms with E-state index >= 15 is 0 Å². The summed E-state index contributed by atoms with van der Waals surface area (Å²) in [7, 11) is 0. The molecule has 1 fully saturated rings. The number of carbonyl (C=O) groups excluding carboxylic acids is 1. The van der Waals surface area contributed by atoms with Gasteiger partial charge < -0.3 is 4.90 Å². The van der Waals surface area contributed by atoms with Crippen molar-refractivity contribution in [3.05, 3.63) is 29.0 Å². The number of hydrogen-bond acceptors (Lipinski definition) is 2. The Labute approximate surface area is 100 Å². The Balaban J connectivity index is 2.17. The number of halogens is 1. The number of likely N-dealkylation sites (tertiary alicyclic amines) is 1. The van der Waals surface area contributed by atoms with Gasteiger partial charge in [0.15, 0.2) is 0 Å². The largest absolute Gasteiger partial charge is 0.335 e. The minimum atomic E-state index is -0.00491. The van der Waals surface area contributed by atoms with Crippen LogP contribution >= 0.6 is 11.6 Å². The molecular weight excluding hydrogens is 224 g/mol. The van der Waals surface area contributed by atoms with E-state index in [-0.39, 0.29) is 5.91 Å². The van der Waals surface area contributed by atoms with E-state index in [4.69, 9.17) is 11.6 Å². The fourth-order valence-corrected chi connectivity index (χ4v) is 2.23. The Kier molecular flexibility index (Phi) is 3.44. The molecule has 1 saturated heterocycles. The van der Waals surface area contributed by atoms with Crippen LogP contribution in [0.25, 0.3) is 0 Å². The predicted molar refractivity (Wildman–Crippen MR) is 63.6 cm³/mol. The second-order valence-electron chi connectivity index (χ2n) is 4.20. The Bertz CT molecular complexity index is 394. The lowest BCUT2D eigenvalue weighted by atomic mass is 10.0. The summed E-state index contributed by atoms with van der Waals surface area (Å²) >= 11 is 5.85. The lowest BCUT2D eigenvalue weighted by molar-refractivity contribution is 0.0629. The number of hydrogen-bond donors (Lipinski definition) is 0. The van der Waals surface area contributed by atoms with Gasteiger partial charge in [0.2, 0.25) is 0 Å². The Morgan fingerprint density at radius 3 is 3.06 bits per heavy atom. The van der Waals surface area contributed by atoms with E-state index in [2.05, 4.69) is 11.9 Å². The van der Waals surface area contributed by atoms with Gasteiger partial charge in [0.25, 0.3) is 5.91 Å². The first-order chi connectivity index (χ1) is 7.68. The molecule has 0 aliphatic carbocycles. The molecule has 86 valence electrons. The number of carbonyl (C=O) groups is 1. The van der Waals surface area contributed by atoms with Gasteiger partial charge in [-0.05, 0) is 38.3 Å². The van der Waals surface area contributed by atoms with Crippen LogP contribution in [0, 0.1) is 0 Å². The highest BCUT2D eigenvalue weighted by molar-refractivity contribution is 6.30. The monoisotopic (exact) mass is 238 g/mol. The van der Waals surface area contributed by atoms with Gasteiger partial charge in [-0.1, -0.05) is 11.6 Å². The summed E-state index contributed by atoms with van der Waals surface area (Å²) < 4.78 is 0. The summed E-state index contributed by atoms with van der Waals surface area (Å²) in [6, 6.07) is 3.62. The van der Waals surface area contributed by atoms with Crippen LogP contribution in [0.4, 0.5) is 0 Å². The van der Waals surface area contributed by atoms with E-state index in [1.165, 1.54) is 6.42 Å². The molecule has 2 rings (SSSR count). The van der Waals surface area contributed by atoms with E-state index in [1.807, 2.05) is 4.90 Å². The van der Waals surface area contributed by atoms with Crippen molar-refractivity contribution in [1.82, 2.24) is 9.88 Å². The van der Waals surface area contributed by atoms with E-state index in [9.17, 15) is 4.79 Å². The van der Waals surface area contributed by atoms with Crippen LogP contribution in [-0.4, -0.2) is 28.4 Å². The first-order valence-electron chi connectivity index (χ1n) is 5.61. The fraction of sp³-hybridized carbons (Fsp3) is 0.500. The fourth-order valence-electron chi connectivity index (χ4n) is 2.07. The van der Waals surface area contributed by atoms with E-state index in [0.717, 1.165) is 19.4 Å². The number of amides is 1. The maximum atomic E-state index is 12.2. The number of piperidine rings is 1. The zero-order valence-corrected chi connectivity index (χ0v) is 10.1. The molecule has 1 aromatic heterocycles. The average Bonchev–Trinajstić information content (AvgIpc) is 2.29. The molecule has 1 aromatic rings. The third-order valence-electron chi connectivity index (χ3n) is 3.00. The summed E-state index contributed by atoms with van der Waals surface area (Å²) in [4.78, 5) is 18.1. The third-order valence-corrected chi connectivity index (χ3v) is 3.24. The van der Waals surface area contributed by atoms with E-state index in [1.54, 1.807) is 18.3 Å². The predicted octanol–water partition coefficient (Wildman–Crippen LogP) is 2.75. The second kappa shape index (κ2) is 4.83. The van der Waals surface area contributed by atoms with Crippen molar-refractivity contribution in [2.24, 2.45) is 0 Å². The minimum Gasteiger partial charge on any atom is -0.335 e. The van der Waals surface area contributed by atoms with Crippen LogP contribution < -0.4 is 0 Å². The summed E-state index contributed by atoms with van der Waals surface area (Å²) in [5.41, 5.74) is 0.446. The first-order valence-corrected chi connectivity index (χ1v) is 5.99. The van der Waals surface area contributed by atoms with Gasteiger partial charge >= 0.3 is 0 Å². The van der Waals surface area contributed by atoms with Crippen LogP contribution in [0.5, 0.6) is 0 Å². The first kappa shape index (κ1) is 11.4. The molecule has 0 aromatic carbocycles. The topological polar surface area (TPSA) is 33.2 Å². The van der Waals surface area contributed by atoms with Crippen molar-refractivity contribution in [2.45, 2.75) is 32.2 Å². The van der Waals surface area contributed by atoms with Gasteiger partial charge in [-0.3, -0.25) is 9.78 Å². The quantitative estimate of drug-likeness (QED) is 0.754. The smallest absolute Gasteiger partial charge is 0.272 e. The number of pyridine rings is 1. The highest BCUT2D eigenvalue weighted by Gasteiger charge is 2.24. The minimum absolute atomic E-state index is 0.00491. The Morgan fingerprint density at radius 2 is 2.38 bits per heavy atom. The molecule has 1 aliphatic heterocycles. The number of rotatable bonds is 1. The van der Waals surface area contributed by atoms with Crippen molar-refractivity contribution in [3.63, 3.8) is 0 Å². The molecule has 1 atom stereocenters. The summed E-state index contributed by atoms with van der Waals surface area (Å²) in [5.74, 6) is -0.00491. The zero-order valence-electron chi connectivity index (χ0n) is 9.32. The Morgan fingerprint density at radius 1 is 1.56 bits per heavy atom. The summed E-state index contributed by atoms with van der Waals surface area (Å²) in [6.45, 7) is 2.91. The average molecular weight is 239 g/mol. The van der Waals surface area contributed by atoms with Crippen LogP contribution in [0.2, 0.25) is 5.02 Å². The van der Waals surface area contributed by atoms with Gasteiger partial charge in [0.1, 0.15) is 5.69 Å². The lowest BCUT2D eigenvalue weighted by Crippen LogP contribution is -2.42. The maximum absolute atomic E-state index is 12.2. The molecule has 3 nitrogen and oxygen atoms in total. The zero-order chi connectivity index (χ0) is 11.5. The van der Waals surface area contributed by atoms with Crippen LogP contribution in [0.1, 0.15) is 36.7 Å². The van der Waals surface area contributed by atoms with Crippen molar-refractivity contribution in [2.75, 3.05) is 6.54 Å². The molecule has 0 N–H and O–H groups in total. The molecule has 0 radical (unpaired) electrons. The number of aromatic nitrogens is 1. The standard InChI is InChI=1S/C12H15ClN2O/c1-9-4-2-3-7-15(9)12(16)11-8-10(13)5-6-14-11/h5-6,8-9H,2-4,7H2,1H3/t9-/m0/s1. The van der Waals surface area contributed by atoms with Gasteiger partial charge in [-0.2, -0.15) is 0 Å². The molecule has 1 aliphatic rings. The van der Waals surface area contributed by atoms with Crippen LogP contribution in [-0.2, 0) is 0 Å². The third kappa shape index (κ3) is 2.35. The van der Waals surface area contributed by atoms with Gasteiger partial charge in [-0.15, -0.1) is 0 Å². The molecule has 4 heteroatoms. The summed E-state index contributed by atoms with van der Waals surface area (Å²) in [6.07, 6.45) is 4.93. The molecule has 0 saturated carbocycles.